The predicted octanol–water partition coefficient (Wildman–Crippen LogP) is 3.92. The van der Waals surface area contributed by atoms with Gasteiger partial charge in [0.1, 0.15) is 5.04 Å². The minimum Gasteiger partial charge on any atom is -0.378 e. The molecule has 3 aliphatic heterocycles. The molecule has 0 aliphatic carbocycles. The molecule has 2 aromatic rings. The molecule has 0 saturated carbocycles. The van der Waals surface area contributed by atoms with Crippen LogP contribution in [0.15, 0.2) is 39.9 Å². The van der Waals surface area contributed by atoms with Gasteiger partial charge in [-0.3, -0.25) is 15.0 Å². The SMILES string of the molecule is Cc1ccc(-n2c(C)cc(C=C3C(=N)N4N=C(CC(=O)N5CCOCC5)SC4=NC3=O)c2C)cc1Cl. The van der Waals surface area contributed by atoms with Crippen LogP contribution >= 0.6 is 23.4 Å². The van der Waals surface area contributed by atoms with E-state index in [9.17, 15) is 9.59 Å². The maximum absolute atomic E-state index is 12.9. The van der Waals surface area contributed by atoms with Crippen LogP contribution in [0.25, 0.3) is 11.8 Å². The first-order valence-electron chi connectivity index (χ1n) is 11.5. The average Bonchev–Trinajstić information content (AvgIpc) is 3.38. The van der Waals surface area contributed by atoms with E-state index in [4.69, 9.17) is 21.7 Å². The first-order chi connectivity index (χ1) is 17.2. The van der Waals surface area contributed by atoms with Gasteiger partial charge in [0.05, 0.1) is 25.2 Å². The smallest absolute Gasteiger partial charge is 0.283 e. The molecule has 1 fully saturated rings. The van der Waals surface area contributed by atoms with Crippen LogP contribution in [0, 0.1) is 26.2 Å². The van der Waals surface area contributed by atoms with Gasteiger partial charge < -0.3 is 14.2 Å². The number of aryl methyl sites for hydroxylation is 2. The lowest BCUT2D eigenvalue weighted by molar-refractivity contribution is -0.133. The van der Waals surface area contributed by atoms with Crippen LogP contribution in [0.2, 0.25) is 5.02 Å². The van der Waals surface area contributed by atoms with Crippen molar-refractivity contribution >= 4 is 57.3 Å². The van der Waals surface area contributed by atoms with Gasteiger partial charge in [0, 0.05) is 35.2 Å². The zero-order valence-electron chi connectivity index (χ0n) is 20.2. The molecule has 1 aromatic heterocycles. The number of ether oxygens (including phenoxy) is 1. The number of benzene rings is 1. The standard InChI is InChI=1S/C25H25ClN6O3S/c1-14-4-5-18(12-20(14)26)31-15(2)10-17(16(31)3)11-19-23(27)32-25(28-24(19)34)36-21(29-32)13-22(33)30-6-8-35-9-7-30/h4-5,10-12,27H,6-9,13H2,1-3H3. The summed E-state index contributed by atoms with van der Waals surface area (Å²) in [6.45, 7) is 8.04. The summed E-state index contributed by atoms with van der Waals surface area (Å²) in [4.78, 5) is 31.4. The van der Waals surface area contributed by atoms with Crippen LogP contribution in [-0.4, -0.2) is 68.6 Å². The van der Waals surface area contributed by atoms with E-state index in [-0.39, 0.29) is 23.7 Å². The number of morpholine rings is 1. The van der Waals surface area contributed by atoms with Crippen molar-refractivity contribution in [3.05, 3.63) is 57.4 Å². The molecule has 0 unspecified atom stereocenters. The Labute approximate surface area is 218 Å². The van der Waals surface area contributed by atoms with Crippen molar-refractivity contribution in [3.63, 3.8) is 0 Å². The molecule has 0 atom stereocenters. The third-order valence-corrected chi connectivity index (χ3v) is 7.66. The second-order valence-electron chi connectivity index (χ2n) is 8.78. The summed E-state index contributed by atoms with van der Waals surface area (Å²) >= 11 is 7.50. The number of fused-ring (bicyclic) bond motifs is 1. The molecule has 0 spiro atoms. The van der Waals surface area contributed by atoms with E-state index in [0.29, 0.717) is 41.5 Å². The topological polar surface area (TPSA) is 103 Å². The zero-order chi connectivity index (χ0) is 25.6. The Morgan fingerprint density at radius 3 is 2.69 bits per heavy atom. The van der Waals surface area contributed by atoms with Crippen molar-refractivity contribution in [1.82, 2.24) is 14.5 Å². The Kier molecular flexibility index (Phi) is 6.59. The maximum Gasteiger partial charge on any atom is 0.283 e. The Morgan fingerprint density at radius 2 is 1.97 bits per heavy atom. The van der Waals surface area contributed by atoms with Crippen molar-refractivity contribution in [3.8, 4) is 5.69 Å². The van der Waals surface area contributed by atoms with Gasteiger partial charge in [-0.2, -0.15) is 15.1 Å². The molecule has 186 valence electrons. The maximum atomic E-state index is 12.9. The number of aromatic nitrogens is 1. The number of rotatable bonds is 4. The predicted molar refractivity (Wildman–Crippen MR) is 142 cm³/mol. The fourth-order valence-corrected chi connectivity index (χ4v) is 5.42. The molecule has 1 saturated heterocycles. The van der Waals surface area contributed by atoms with Crippen LogP contribution in [0.1, 0.15) is 28.9 Å². The van der Waals surface area contributed by atoms with Gasteiger partial charge in [-0.15, -0.1) is 0 Å². The normalized spacial score (nSPS) is 19.1. The van der Waals surface area contributed by atoms with E-state index in [0.717, 1.165) is 40.0 Å². The van der Waals surface area contributed by atoms with Gasteiger partial charge in [0.25, 0.3) is 5.91 Å². The zero-order valence-corrected chi connectivity index (χ0v) is 21.7. The number of carbonyl (C=O) groups is 2. The largest absolute Gasteiger partial charge is 0.378 e. The molecule has 0 radical (unpaired) electrons. The summed E-state index contributed by atoms with van der Waals surface area (Å²) in [6.07, 6.45) is 1.78. The van der Waals surface area contributed by atoms with E-state index in [1.54, 1.807) is 11.0 Å². The van der Waals surface area contributed by atoms with E-state index in [1.165, 1.54) is 5.01 Å². The van der Waals surface area contributed by atoms with E-state index in [1.807, 2.05) is 45.0 Å². The second kappa shape index (κ2) is 9.68. The van der Waals surface area contributed by atoms with Gasteiger partial charge >= 0.3 is 0 Å². The highest BCUT2D eigenvalue weighted by Crippen LogP contribution is 2.31. The Morgan fingerprint density at radius 1 is 1.22 bits per heavy atom. The molecule has 2 amide bonds. The number of hydrazone groups is 1. The summed E-state index contributed by atoms with van der Waals surface area (Å²) in [7, 11) is 0. The summed E-state index contributed by atoms with van der Waals surface area (Å²) < 4.78 is 7.36. The van der Waals surface area contributed by atoms with Crippen LogP contribution in [0.4, 0.5) is 0 Å². The second-order valence-corrected chi connectivity index (χ2v) is 10.2. The lowest BCUT2D eigenvalue weighted by Gasteiger charge is -2.26. The van der Waals surface area contributed by atoms with E-state index < -0.39 is 5.91 Å². The number of carbonyl (C=O) groups excluding carboxylic acids is 2. The number of amidine groups is 2. The summed E-state index contributed by atoms with van der Waals surface area (Å²) in [5, 5.41) is 15.9. The number of nitrogens with one attached hydrogen (secondary N) is 1. The van der Waals surface area contributed by atoms with Crippen molar-refractivity contribution < 1.29 is 14.3 Å². The number of aliphatic imine (C=N–C) groups is 1. The number of halogens is 1. The first-order valence-corrected chi connectivity index (χ1v) is 12.7. The highest BCUT2D eigenvalue weighted by molar-refractivity contribution is 8.27. The fraction of sp³-hybridized carbons (Fsp3) is 0.320. The third-order valence-electron chi connectivity index (χ3n) is 6.35. The molecule has 5 rings (SSSR count). The monoisotopic (exact) mass is 524 g/mol. The molecule has 1 N–H and O–H groups in total. The van der Waals surface area contributed by atoms with Crippen LogP contribution in [0.3, 0.4) is 0 Å². The van der Waals surface area contributed by atoms with Crippen molar-refractivity contribution in [2.24, 2.45) is 10.1 Å². The quantitative estimate of drug-likeness (QED) is 0.610. The van der Waals surface area contributed by atoms with E-state index >= 15 is 0 Å². The van der Waals surface area contributed by atoms with Gasteiger partial charge in [-0.05, 0) is 67.9 Å². The number of amides is 2. The number of hydrogen-bond acceptors (Lipinski definition) is 6. The highest BCUT2D eigenvalue weighted by atomic mass is 35.5. The Bertz CT molecular complexity index is 1390. The molecular formula is C25H25ClN6O3S. The lowest BCUT2D eigenvalue weighted by atomic mass is 10.1. The Hall–Kier alpha value is -3.21. The fourth-order valence-electron chi connectivity index (χ4n) is 4.36. The van der Waals surface area contributed by atoms with Crippen molar-refractivity contribution in [2.45, 2.75) is 27.2 Å². The molecular weight excluding hydrogens is 500 g/mol. The van der Waals surface area contributed by atoms with Gasteiger partial charge in [0.15, 0.2) is 5.84 Å². The Balaban J connectivity index is 1.40. The number of thioether (sulfide) groups is 1. The molecule has 0 bridgehead atoms. The first kappa shape index (κ1) is 24.5. The lowest BCUT2D eigenvalue weighted by Crippen LogP contribution is -2.41. The molecule has 36 heavy (non-hydrogen) atoms. The molecule has 9 nitrogen and oxygen atoms in total. The molecule has 4 heterocycles. The van der Waals surface area contributed by atoms with E-state index in [2.05, 4.69) is 14.7 Å². The minimum atomic E-state index is -0.502. The van der Waals surface area contributed by atoms with Crippen LogP contribution in [0.5, 0.6) is 0 Å². The minimum absolute atomic E-state index is 0.0535. The van der Waals surface area contributed by atoms with Crippen LogP contribution < -0.4 is 0 Å². The average molecular weight is 525 g/mol. The summed E-state index contributed by atoms with van der Waals surface area (Å²) in [5.74, 6) is -0.616. The van der Waals surface area contributed by atoms with Gasteiger partial charge in [0.2, 0.25) is 11.1 Å². The summed E-state index contributed by atoms with van der Waals surface area (Å²) in [6, 6.07) is 7.84. The number of nitrogens with zero attached hydrogens (tertiary/aromatic N) is 5. The van der Waals surface area contributed by atoms with Gasteiger partial charge in [-0.1, -0.05) is 17.7 Å². The highest BCUT2D eigenvalue weighted by Gasteiger charge is 2.36. The number of hydrogen-bond donors (Lipinski definition) is 1. The molecule has 11 heteroatoms. The summed E-state index contributed by atoms with van der Waals surface area (Å²) in [5.41, 5.74) is 4.74. The molecule has 3 aliphatic rings. The third kappa shape index (κ3) is 4.52. The van der Waals surface area contributed by atoms with Crippen molar-refractivity contribution in [2.75, 3.05) is 26.3 Å². The van der Waals surface area contributed by atoms with Crippen molar-refractivity contribution in [1.29, 1.82) is 5.41 Å². The molecule has 1 aromatic carbocycles. The van der Waals surface area contributed by atoms with Gasteiger partial charge in [-0.25, -0.2) is 0 Å². The van der Waals surface area contributed by atoms with Crippen LogP contribution in [-0.2, 0) is 14.3 Å².